The molecule has 5 heteroatoms. The third kappa shape index (κ3) is 4.48. The zero-order chi connectivity index (χ0) is 12.7. The van der Waals surface area contributed by atoms with Crippen molar-refractivity contribution >= 4 is 28.2 Å². The lowest BCUT2D eigenvalue weighted by molar-refractivity contribution is 0.666. The van der Waals surface area contributed by atoms with Gasteiger partial charge in [0.25, 0.3) is 0 Å². The molecule has 3 nitrogen and oxygen atoms in total. The van der Waals surface area contributed by atoms with E-state index in [1.807, 2.05) is 11.8 Å². The first-order valence-corrected chi connectivity index (χ1v) is 8.37. The van der Waals surface area contributed by atoms with Crippen LogP contribution in [0.5, 0.6) is 0 Å². The fourth-order valence-electron chi connectivity index (χ4n) is 1.64. The first kappa shape index (κ1) is 14.8. The molecule has 1 aromatic rings. The van der Waals surface area contributed by atoms with Crippen molar-refractivity contribution in [3.8, 4) is 0 Å². The van der Waals surface area contributed by atoms with E-state index in [0.717, 1.165) is 29.7 Å². The van der Waals surface area contributed by atoms with Gasteiger partial charge in [0.2, 0.25) is 0 Å². The summed E-state index contributed by atoms with van der Waals surface area (Å²) in [6, 6.07) is 0.586. The molecule has 0 bridgehead atoms. The minimum atomic E-state index is 0.586. The maximum atomic E-state index is 4.67. The zero-order valence-electron chi connectivity index (χ0n) is 11.2. The molecule has 0 aliphatic heterocycles. The summed E-state index contributed by atoms with van der Waals surface area (Å²) in [6.07, 6.45) is 3.33. The standard InChI is InChI=1S/C12H23N3S2/c1-5-11(9-16-4)15(3)12-14-10(8-17-12)7-13-6-2/h8,11,13H,5-7,9H2,1-4H3. The summed E-state index contributed by atoms with van der Waals surface area (Å²) in [5.41, 5.74) is 1.15. The molecule has 1 atom stereocenters. The van der Waals surface area contributed by atoms with E-state index < -0.39 is 0 Å². The van der Waals surface area contributed by atoms with Crippen molar-refractivity contribution in [2.45, 2.75) is 32.9 Å². The highest BCUT2D eigenvalue weighted by molar-refractivity contribution is 7.98. The van der Waals surface area contributed by atoms with Crippen molar-refractivity contribution in [1.82, 2.24) is 10.3 Å². The molecule has 0 saturated carbocycles. The molecule has 1 unspecified atom stereocenters. The van der Waals surface area contributed by atoms with Gasteiger partial charge in [-0.25, -0.2) is 4.98 Å². The number of rotatable bonds is 8. The summed E-state index contributed by atoms with van der Waals surface area (Å²) in [5.74, 6) is 1.16. The largest absolute Gasteiger partial charge is 0.347 e. The Hall–Kier alpha value is -0.260. The topological polar surface area (TPSA) is 28.2 Å². The number of hydrogen-bond acceptors (Lipinski definition) is 5. The number of anilines is 1. The highest BCUT2D eigenvalue weighted by Crippen LogP contribution is 2.23. The van der Waals surface area contributed by atoms with Gasteiger partial charge in [-0.1, -0.05) is 13.8 Å². The zero-order valence-corrected chi connectivity index (χ0v) is 12.8. The third-order valence-electron chi connectivity index (χ3n) is 2.78. The predicted octanol–water partition coefficient (Wildman–Crippen LogP) is 2.83. The van der Waals surface area contributed by atoms with Crippen LogP contribution in [-0.4, -0.2) is 36.6 Å². The van der Waals surface area contributed by atoms with Crippen LogP contribution in [0.25, 0.3) is 0 Å². The Morgan fingerprint density at radius 1 is 1.53 bits per heavy atom. The smallest absolute Gasteiger partial charge is 0.185 e. The minimum Gasteiger partial charge on any atom is -0.347 e. The average molecular weight is 273 g/mol. The normalized spacial score (nSPS) is 12.7. The molecule has 0 aliphatic carbocycles. The van der Waals surface area contributed by atoms with Crippen molar-refractivity contribution in [2.75, 3.05) is 30.5 Å². The van der Waals surface area contributed by atoms with Crippen molar-refractivity contribution in [3.63, 3.8) is 0 Å². The number of thioether (sulfide) groups is 1. The van der Waals surface area contributed by atoms with Crippen LogP contribution in [-0.2, 0) is 6.54 Å². The van der Waals surface area contributed by atoms with E-state index >= 15 is 0 Å². The second-order valence-electron chi connectivity index (χ2n) is 4.03. The Morgan fingerprint density at radius 3 is 2.88 bits per heavy atom. The third-order valence-corrected chi connectivity index (χ3v) is 4.47. The van der Waals surface area contributed by atoms with E-state index in [0.29, 0.717) is 6.04 Å². The molecule has 0 aliphatic rings. The molecule has 1 heterocycles. The van der Waals surface area contributed by atoms with Gasteiger partial charge < -0.3 is 10.2 Å². The van der Waals surface area contributed by atoms with Crippen LogP contribution < -0.4 is 10.2 Å². The number of hydrogen-bond donors (Lipinski definition) is 1. The van der Waals surface area contributed by atoms with Crippen molar-refractivity contribution in [2.24, 2.45) is 0 Å². The van der Waals surface area contributed by atoms with Gasteiger partial charge in [0.1, 0.15) is 0 Å². The summed E-state index contributed by atoms with van der Waals surface area (Å²) in [7, 11) is 2.15. The Balaban J connectivity index is 2.61. The molecule has 1 aromatic heterocycles. The molecule has 17 heavy (non-hydrogen) atoms. The quantitative estimate of drug-likeness (QED) is 0.788. The van der Waals surface area contributed by atoms with Gasteiger partial charge in [0.05, 0.1) is 5.69 Å². The number of nitrogens with one attached hydrogen (secondary N) is 1. The van der Waals surface area contributed by atoms with Crippen LogP contribution in [0.3, 0.4) is 0 Å². The van der Waals surface area contributed by atoms with Gasteiger partial charge in [-0.15, -0.1) is 11.3 Å². The molecule has 0 amide bonds. The highest BCUT2D eigenvalue weighted by atomic mass is 32.2. The van der Waals surface area contributed by atoms with E-state index in [-0.39, 0.29) is 0 Å². The summed E-state index contributed by atoms with van der Waals surface area (Å²) in [5, 5.41) is 6.60. The number of nitrogens with zero attached hydrogens (tertiary/aromatic N) is 2. The van der Waals surface area contributed by atoms with Gasteiger partial charge in [-0.05, 0) is 19.2 Å². The van der Waals surface area contributed by atoms with Gasteiger partial charge in [-0.3, -0.25) is 0 Å². The molecular formula is C12H23N3S2. The molecule has 0 radical (unpaired) electrons. The van der Waals surface area contributed by atoms with Crippen molar-refractivity contribution < 1.29 is 0 Å². The van der Waals surface area contributed by atoms with Crippen LogP contribution in [0, 0.1) is 0 Å². The van der Waals surface area contributed by atoms with Gasteiger partial charge >= 0.3 is 0 Å². The first-order valence-electron chi connectivity index (χ1n) is 6.09. The Bertz CT molecular complexity index is 314. The van der Waals surface area contributed by atoms with Crippen LogP contribution >= 0.6 is 23.1 Å². The lowest BCUT2D eigenvalue weighted by Gasteiger charge is -2.26. The van der Waals surface area contributed by atoms with E-state index in [1.54, 1.807) is 11.3 Å². The molecular weight excluding hydrogens is 250 g/mol. The van der Waals surface area contributed by atoms with E-state index in [9.17, 15) is 0 Å². The summed E-state index contributed by atoms with van der Waals surface area (Å²) in [4.78, 5) is 6.99. The molecule has 0 aromatic carbocycles. The molecule has 0 saturated heterocycles. The fourth-order valence-corrected chi connectivity index (χ4v) is 3.35. The van der Waals surface area contributed by atoms with Gasteiger partial charge in [0, 0.05) is 30.8 Å². The Labute approximate surface area is 113 Å². The van der Waals surface area contributed by atoms with Crippen molar-refractivity contribution in [3.05, 3.63) is 11.1 Å². The van der Waals surface area contributed by atoms with Crippen LogP contribution in [0.4, 0.5) is 5.13 Å². The molecule has 0 fully saturated rings. The monoisotopic (exact) mass is 273 g/mol. The second kappa shape index (κ2) is 7.95. The fraction of sp³-hybridized carbons (Fsp3) is 0.750. The summed E-state index contributed by atoms with van der Waals surface area (Å²) in [6.45, 7) is 6.22. The Morgan fingerprint density at radius 2 is 2.29 bits per heavy atom. The van der Waals surface area contributed by atoms with Crippen LogP contribution in [0.2, 0.25) is 0 Å². The lowest BCUT2D eigenvalue weighted by atomic mass is 10.2. The molecule has 98 valence electrons. The SMILES string of the molecule is CCNCc1csc(N(C)C(CC)CSC)n1. The molecule has 0 spiro atoms. The first-order chi connectivity index (χ1) is 8.22. The average Bonchev–Trinajstić information content (AvgIpc) is 2.81. The summed E-state index contributed by atoms with van der Waals surface area (Å²) < 4.78 is 0. The van der Waals surface area contributed by atoms with E-state index in [4.69, 9.17) is 0 Å². The van der Waals surface area contributed by atoms with E-state index in [1.165, 1.54) is 6.42 Å². The summed E-state index contributed by atoms with van der Waals surface area (Å²) >= 11 is 3.64. The van der Waals surface area contributed by atoms with E-state index in [2.05, 4.69) is 47.7 Å². The number of aromatic nitrogens is 1. The molecule has 1 N–H and O–H groups in total. The van der Waals surface area contributed by atoms with Crippen molar-refractivity contribution in [1.29, 1.82) is 0 Å². The lowest BCUT2D eigenvalue weighted by Crippen LogP contribution is -2.33. The number of thiazole rings is 1. The second-order valence-corrected chi connectivity index (χ2v) is 5.78. The maximum Gasteiger partial charge on any atom is 0.185 e. The highest BCUT2D eigenvalue weighted by Gasteiger charge is 2.15. The van der Waals surface area contributed by atoms with Crippen LogP contribution in [0.1, 0.15) is 26.0 Å². The minimum absolute atomic E-state index is 0.586. The van der Waals surface area contributed by atoms with Gasteiger partial charge in [-0.2, -0.15) is 11.8 Å². The van der Waals surface area contributed by atoms with Crippen LogP contribution in [0.15, 0.2) is 5.38 Å². The Kier molecular flexibility index (Phi) is 6.92. The van der Waals surface area contributed by atoms with Gasteiger partial charge in [0.15, 0.2) is 5.13 Å². The molecule has 1 rings (SSSR count). The maximum absolute atomic E-state index is 4.67. The predicted molar refractivity (Wildman–Crippen MR) is 80.4 cm³/mol.